The summed E-state index contributed by atoms with van der Waals surface area (Å²) in [6, 6.07) is 0. The molecular formula is C28H48O2. The van der Waals surface area contributed by atoms with Gasteiger partial charge in [0.25, 0.3) is 0 Å². The first-order valence-corrected chi connectivity index (χ1v) is 13.3. The zero-order valence-electron chi connectivity index (χ0n) is 20.6. The van der Waals surface area contributed by atoms with Crippen LogP contribution < -0.4 is 0 Å². The standard InChI is InChI=1S/C28H48O2/c1-17(2)18(3)7-8-19(4)22-9-10-23-21-16-26(30)25-15-20(29)11-13-28(25,6)24(21)12-14-27(22,23)5/h17-25,29H,7-16H2,1-6H3. The van der Waals surface area contributed by atoms with Crippen molar-refractivity contribution in [2.24, 2.45) is 58.2 Å². The second-order valence-electron chi connectivity index (χ2n) is 13.0. The van der Waals surface area contributed by atoms with Crippen LogP contribution in [0.5, 0.6) is 0 Å². The first-order chi connectivity index (χ1) is 14.1. The van der Waals surface area contributed by atoms with Crippen LogP contribution in [0.15, 0.2) is 0 Å². The van der Waals surface area contributed by atoms with E-state index in [2.05, 4.69) is 41.5 Å². The molecule has 4 fully saturated rings. The van der Waals surface area contributed by atoms with Gasteiger partial charge < -0.3 is 5.11 Å². The van der Waals surface area contributed by atoms with E-state index in [1.165, 1.54) is 38.5 Å². The van der Waals surface area contributed by atoms with Crippen LogP contribution in [0.25, 0.3) is 0 Å². The summed E-state index contributed by atoms with van der Waals surface area (Å²) in [5.74, 6) is 5.95. The second-order valence-corrected chi connectivity index (χ2v) is 13.0. The Balaban J connectivity index is 1.50. The lowest BCUT2D eigenvalue weighted by Crippen LogP contribution is -2.57. The van der Waals surface area contributed by atoms with E-state index in [1.807, 2.05) is 0 Å². The Morgan fingerprint density at radius 3 is 2.30 bits per heavy atom. The van der Waals surface area contributed by atoms with Crippen LogP contribution in [-0.2, 0) is 4.79 Å². The highest BCUT2D eigenvalue weighted by molar-refractivity contribution is 5.83. The third kappa shape index (κ3) is 3.61. The fourth-order valence-corrected chi connectivity index (χ4v) is 9.06. The van der Waals surface area contributed by atoms with Crippen LogP contribution >= 0.6 is 0 Å². The average Bonchev–Trinajstić information content (AvgIpc) is 3.04. The van der Waals surface area contributed by atoms with Gasteiger partial charge in [-0.05, 0) is 97.2 Å². The minimum absolute atomic E-state index is 0.125. The quantitative estimate of drug-likeness (QED) is 0.529. The molecule has 30 heavy (non-hydrogen) atoms. The average molecular weight is 417 g/mol. The highest BCUT2D eigenvalue weighted by Crippen LogP contribution is 2.67. The highest BCUT2D eigenvalue weighted by atomic mass is 16.3. The predicted octanol–water partition coefficient (Wildman–Crippen LogP) is 6.89. The van der Waals surface area contributed by atoms with Crippen molar-refractivity contribution >= 4 is 5.78 Å². The summed E-state index contributed by atoms with van der Waals surface area (Å²) in [5.41, 5.74) is 0.594. The van der Waals surface area contributed by atoms with E-state index < -0.39 is 0 Å². The molecule has 4 rings (SSSR count). The van der Waals surface area contributed by atoms with Crippen LogP contribution in [0.1, 0.15) is 106 Å². The maximum atomic E-state index is 13.3. The maximum Gasteiger partial charge on any atom is 0.136 e. The molecule has 0 saturated heterocycles. The zero-order chi connectivity index (χ0) is 21.8. The van der Waals surface area contributed by atoms with Crippen LogP contribution in [0.2, 0.25) is 0 Å². The summed E-state index contributed by atoms with van der Waals surface area (Å²) in [6.45, 7) is 14.7. The Hall–Kier alpha value is -0.370. The zero-order valence-corrected chi connectivity index (χ0v) is 20.6. The minimum Gasteiger partial charge on any atom is -0.393 e. The van der Waals surface area contributed by atoms with Crippen molar-refractivity contribution in [1.82, 2.24) is 0 Å². The van der Waals surface area contributed by atoms with Crippen LogP contribution in [0.4, 0.5) is 0 Å². The summed E-state index contributed by atoms with van der Waals surface area (Å²) in [4.78, 5) is 13.3. The molecule has 4 saturated carbocycles. The van der Waals surface area contributed by atoms with Gasteiger partial charge in [0, 0.05) is 12.3 Å². The molecule has 172 valence electrons. The van der Waals surface area contributed by atoms with Gasteiger partial charge in [-0.1, -0.05) is 54.4 Å². The normalized spacial score (nSPS) is 48.1. The molecule has 0 heterocycles. The molecular weight excluding hydrogens is 368 g/mol. The van der Waals surface area contributed by atoms with E-state index >= 15 is 0 Å². The summed E-state index contributed by atoms with van der Waals surface area (Å²) in [5, 5.41) is 10.2. The first-order valence-electron chi connectivity index (χ1n) is 13.3. The van der Waals surface area contributed by atoms with E-state index in [0.29, 0.717) is 23.0 Å². The minimum atomic E-state index is -0.248. The van der Waals surface area contributed by atoms with E-state index in [9.17, 15) is 9.90 Å². The van der Waals surface area contributed by atoms with Gasteiger partial charge in [0.2, 0.25) is 0 Å². The number of hydrogen-bond donors (Lipinski definition) is 1. The summed E-state index contributed by atoms with van der Waals surface area (Å²) in [7, 11) is 0. The molecule has 0 bridgehead atoms. The Bertz CT molecular complexity index is 641. The molecule has 10 atom stereocenters. The van der Waals surface area contributed by atoms with Crippen molar-refractivity contribution in [3.8, 4) is 0 Å². The number of carbonyl (C=O) groups is 1. The number of carbonyl (C=O) groups excluding carboxylic acids is 1. The van der Waals surface area contributed by atoms with Crippen LogP contribution in [0, 0.1) is 58.2 Å². The Morgan fingerprint density at radius 1 is 0.933 bits per heavy atom. The molecule has 2 nitrogen and oxygen atoms in total. The van der Waals surface area contributed by atoms with E-state index in [1.54, 1.807) is 0 Å². The smallest absolute Gasteiger partial charge is 0.136 e. The molecule has 1 N–H and O–H groups in total. The van der Waals surface area contributed by atoms with Crippen molar-refractivity contribution in [2.45, 2.75) is 112 Å². The van der Waals surface area contributed by atoms with Gasteiger partial charge in [0.05, 0.1) is 6.10 Å². The van der Waals surface area contributed by atoms with Gasteiger partial charge in [0.15, 0.2) is 0 Å². The predicted molar refractivity (Wildman–Crippen MR) is 124 cm³/mol. The van der Waals surface area contributed by atoms with Crippen molar-refractivity contribution < 1.29 is 9.90 Å². The van der Waals surface area contributed by atoms with Gasteiger partial charge >= 0.3 is 0 Å². The molecule has 0 aliphatic heterocycles. The lowest BCUT2D eigenvalue weighted by molar-refractivity contribution is -0.160. The van der Waals surface area contributed by atoms with Crippen LogP contribution in [-0.4, -0.2) is 17.0 Å². The van der Waals surface area contributed by atoms with Gasteiger partial charge in [-0.15, -0.1) is 0 Å². The Morgan fingerprint density at radius 2 is 1.60 bits per heavy atom. The third-order valence-corrected chi connectivity index (χ3v) is 11.4. The molecule has 10 unspecified atom stereocenters. The van der Waals surface area contributed by atoms with E-state index in [-0.39, 0.29) is 17.4 Å². The van der Waals surface area contributed by atoms with Crippen molar-refractivity contribution in [3.63, 3.8) is 0 Å². The monoisotopic (exact) mass is 416 g/mol. The third-order valence-electron chi connectivity index (χ3n) is 11.4. The molecule has 0 aromatic rings. The van der Waals surface area contributed by atoms with E-state index in [0.717, 1.165) is 55.3 Å². The molecule has 0 aromatic carbocycles. The first kappa shape index (κ1) is 22.8. The van der Waals surface area contributed by atoms with Crippen LogP contribution in [0.3, 0.4) is 0 Å². The second kappa shape index (κ2) is 8.20. The lowest BCUT2D eigenvalue weighted by Gasteiger charge is -2.60. The Kier molecular flexibility index (Phi) is 6.23. The lowest BCUT2D eigenvalue weighted by atomic mass is 9.44. The summed E-state index contributed by atoms with van der Waals surface area (Å²) >= 11 is 0. The van der Waals surface area contributed by atoms with Crippen molar-refractivity contribution in [2.75, 3.05) is 0 Å². The maximum absolute atomic E-state index is 13.3. The fourth-order valence-electron chi connectivity index (χ4n) is 9.06. The van der Waals surface area contributed by atoms with Gasteiger partial charge in [0.1, 0.15) is 5.78 Å². The van der Waals surface area contributed by atoms with E-state index in [4.69, 9.17) is 0 Å². The highest BCUT2D eigenvalue weighted by Gasteiger charge is 2.62. The van der Waals surface area contributed by atoms with Crippen molar-refractivity contribution in [3.05, 3.63) is 0 Å². The fraction of sp³-hybridized carbons (Fsp3) is 0.964. The largest absolute Gasteiger partial charge is 0.393 e. The van der Waals surface area contributed by atoms with Gasteiger partial charge in [-0.2, -0.15) is 0 Å². The number of rotatable bonds is 5. The molecule has 0 aromatic heterocycles. The summed E-state index contributed by atoms with van der Waals surface area (Å²) < 4.78 is 0. The molecule has 2 heteroatoms. The number of aliphatic hydroxyl groups excluding tert-OH is 1. The number of Topliss-reactive ketones (excluding diaryl/α,β-unsaturated/α-hetero) is 1. The molecule has 4 aliphatic carbocycles. The molecule has 0 spiro atoms. The Labute approximate surface area is 186 Å². The number of fused-ring (bicyclic) bond motifs is 5. The number of aliphatic hydroxyl groups is 1. The van der Waals surface area contributed by atoms with Gasteiger partial charge in [-0.3, -0.25) is 4.79 Å². The molecule has 0 radical (unpaired) electrons. The summed E-state index contributed by atoms with van der Waals surface area (Å²) in [6.07, 6.45) is 11.4. The number of hydrogen-bond acceptors (Lipinski definition) is 2. The van der Waals surface area contributed by atoms with Gasteiger partial charge in [-0.25, -0.2) is 0 Å². The molecule has 0 amide bonds. The van der Waals surface area contributed by atoms with Crippen molar-refractivity contribution in [1.29, 1.82) is 0 Å². The topological polar surface area (TPSA) is 37.3 Å². The molecule has 4 aliphatic rings. The SMILES string of the molecule is CC(C)C(C)CCC(C)C1CCC2C3CC(=O)C4CC(O)CCC4(C)C3CCC12C. The number of ketones is 1.